The summed E-state index contributed by atoms with van der Waals surface area (Å²) in [4.78, 5) is 14.4. The fraction of sp³-hybridized carbons (Fsp3) is 0.588. The van der Waals surface area contributed by atoms with Gasteiger partial charge in [0.1, 0.15) is 5.75 Å². The van der Waals surface area contributed by atoms with Crippen LogP contribution in [0.15, 0.2) is 18.2 Å². The van der Waals surface area contributed by atoms with Crippen molar-refractivity contribution in [3.8, 4) is 5.75 Å². The molecular weight excluding hydrogens is 250 g/mol. The molecule has 1 saturated carbocycles. The molecule has 0 bridgehead atoms. The predicted molar refractivity (Wildman–Crippen MR) is 79.0 cm³/mol. The first-order valence-electron chi connectivity index (χ1n) is 7.74. The first-order chi connectivity index (χ1) is 9.74. The Labute approximate surface area is 120 Å². The molecule has 1 fully saturated rings. The van der Waals surface area contributed by atoms with E-state index in [0.717, 1.165) is 24.3 Å². The van der Waals surface area contributed by atoms with Crippen LogP contribution >= 0.6 is 0 Å². The summed E-state index contributed by atoms with van der Waals surface area (Å²) in [6.45, 7) is 0.773. The Morgan fingerprint density at radius 2 is 2.10 bits per heavy atom. The van der Waals surface area contributed by atoms with E-state index in [0.29, 0.717) is 12.5 Å². The second-order valence-electron chi connectivity index (χ2n) is 6.01. The molecule has 2 aliphatic rings. The first kappa shape index (κ1) is 13.5. The lowest BCUT2D eigenvalue weighted by Gasteiger charge is -2.31. The van der Waals surface area contributed by atoms with Crippen LogP contribution in [0, 0.1) is 0 Å². The molecule has 3 nitrogen and oxygen atoms in total. The molecule has 20 heavy (non-hydrogen) atoms. The van der Waals surface area contributed by atoms with Gasteiger partial charge in [-0.3, -0.25) is 4.79 Å². The summed E-state index contributed by atoms with van der Waals surface area (Å²) in [6, 6.07) is 6.62. The Kier molecular flexibility index (Phi) is 3.95. The molecule has 1 aromatic carbocycles. The highest BCUT2D eigenvalue weighted by Gasteiger charge is 2.22. The number of rotatable bonds is 3. The Balaban J connectivity index is 1.63. The van der Waals surface area contributed by atoms with Gasteiger partial charge in [-0.1, -0.05) is 31.4 Å². The normalized spacial score (nSPS) is 18.4. The lowest BCUT2D eigenvalue weighted by Crippen LogP contribution is -2.39. The van der Waals surface area contributed by atoms with Crippen LogP contribution in [0.4, 0.5) is 0 Å². The van der Waals surface area contributed by atoms with E-state index in [1.54, 1.807) is 0 Å². The Hall–Kier alpha value is -1.51. The quantitative estimate of drug-likeness (QED) is 0.847. The first-order valence-corrected chi connectivity index (χ1v) is 7.74. The zero-order valence-corrected chi connectivity index (χ0v) is 12.2. The third kappa shape index (κ3) is 2.82. The summed E-state index contributed by atoms with van der Waals surface area (Å²) in [7, 11) is 1.97. The summed E-state index contributed by atoms with van der Waals surface area (Å²) in [5.74, 6) is 1.23. The van der Waals surface area contributed by atoms with Gasteiger partial charge in [0.15, 0.2) is 0 Å². The highest BCUT2D eigenvalue weighted by molar-refractivity contribution is 5.79. The number of likely N-dealkylation sites (N-methyl/N-ethyl adjacent to an activating group) is 1. The molecule has 0 N–H and O–H groups in total. The van der Waals surface area contributed by atoms with Gasteiger partial charge >= 0.3 is 0 Å². The average molecular weight is 273 g/mol. The minimum absolute atomic E-state index is 0.246. The zero-order valence-electron chi connectivity index (χ0n) is 12.2. The molecule has 0 radical (unpaired) electrons. The van der Waals surface area contributed by atoms with Crippen molar-refractivity contribution in [2.45, 2.75) is 51.0 Å². The Morgan fingerprint density at radius 1 is 1.30 bits per heavy atom. The van der Waals surface area contributed by atoms with Crippen LogP contribution in [0.2, 0.25) is 0 Å². The minimum Gasteiger partial charge on any atom is -0.493 e. The molecule has 3 heteroatoms. The highest BCUT2D eigenvalue weighted by Crippen LogP contribution is 2.27. The largest absolute Gasteiger partial charge is 0.493 e. The van der Waals surface area contributed by atoms with E-state index in [1.807, 2.05) is 24.1 Å². The van der Waals surface area contributed by atoms with Gasteiger partial charge in [-0.15, -0.1) is 0 Å². The van der Waals surface area contributed by atoms with E-state index in [4.69, 9.17) is 4.74 Å². The van der Waals surface area contributed by atoms with Crippen LogP contribution in [-0.4, -0.2) is 30.5 Å². The molecule has 108 valence electrons. The summed E-state index contributed by atoms with van der Waals surface area (Å²) < 4.78 is 5.51. The number of nitrogens with zero attached hydrogens (tertiary/aromatic N) is 1. The maximum absolute atomic E-state index is 12.4. The van der Waals surface area contributed by atoms with E-state index >= 15 is 0 Å². The van der Waals surface area contributed by atoms with Gasteiger partial charge in [-0.05, 0) is 30.0 Å². The highest BCUT2D eigenvalue weighted by atomic mass is 16.5. The van der Waals surface area contributed by atoms with Gasteiger partial charge in [-0.2, -0.15) is 0 Å². The van der Waals surface area contributed by atoms with Gasteiger partial charge in [-0.25, -0.2) is 0 Å². The van der Waals surface area contributed by atoms with Crippen molar-refractivity contribution < 1.29 is 9.53 Å². The van der Waals surface area contributed by atoms with Gasteiger partial charge < -0.3 is 9.64 Å². The van der Waals surface area contributed by atoms with Gasteiger partial charge in [0.2, 0.25) is 5.91 Å². The molecule has 1 heterocycles. The van der Waals surface area contributed by atoms with E-state index in [9.17, 15) is 4.79 Å². The standard InChI is InChI=1S/C17H23NO2/c1-18(15-5-3-2-4-6-15)17(19)12-13-7-8-16-14(11-13)9-10-20-16/h7-8,11,15H,2-6,9-10,12H2,1H3. The van der Waals surface area contributed by atoms with E-state index in [-0.39, 0.29) is 5.91 Å². The second-order valence-corrected chi connectivity index (χ2v) is 6.01. The fourth-order valence-electron chi connectivity index (χ4n) is 3.32. The van der Waals surface area contributed by atoms with E-state index in [1.165, 1.54) is 37.7 Å². The number of benzene rings is 1. The van der Waals surface area contributed by atoms with E-state index in [2.05, 4.69) is 6.07 Å². The Morgan fingerprint density at radius 3 is 2.90 bits per heavy atom. The van der Waals surface area contributed by atoms with Crippen molar-refractivity contribution in [3.63, 3.8) is 0 Å². The number of hydrogen-bond donors (Lipinski definition) is 0. The Bertz CT molecular complexity index is 492. The molecule has 0 spiro atoms. The van der Waals surface area contributed by atoms with Crippen molar-refractivity contribution in [2.75, 3.05) is 13.7 Å². The summed E-state index contributed by atoms with van der Waals surface area (Å²) >= 11 is 0. The molecule has 1 aliphatic carbocycles. The lowest BCUT2D eigenvalue weighted by molar-refractivity contribution is -0.131. The monoisotopic (exact) mass is 273 g/mol. The summed E-state index contributed by atoms with van der Waals surface area (Å²) in [5.41, 5.74) is 2.36. The van der Waals surface area contributed by atoms with E-state index < -0.39 is 0 Å². The number of carbonyl (C=O) groups excluding carboxylic acids is 1. The molecule has 1 amide bonds. The zero-order chi connectivity index (χ0) is 13.9. The SMILES string of the molecule is CN(C(=O)Cc1ccc2c(c1)CCO2)C1CCCCC1. The smallest absolute Gasteiger partial charge is 0.226 e. The number of carbonyl (C=O) groups is 1. The number of hydrogen-bond acceptors (Lipinski definition) is 2. The third-order valence-corrected chi connectivity index (χ3v) is 4.63. The minimum atomic E-state index is 0.246. The number of ether oxygens (including phenoxy) is 1. The van der Waals surface area contributed by atoms with Crippen LogP contribution in [0.5, 0.6) is 5.75 Å². The lowest BCUT2D eigenvalue weighted by atomic mass is 9.94. The van der Waals surface area contributed by atoms with Crippen molar-refractivity contribution in [2.24, 2.45) is 0 Å². The van der Waals surface area contributed by atoms with Crippen molar-refractivity contribution in [1.29, 1.82) is 0 Å². The van der Waals surface area contributed by atoms with Gasteiger partial charge in [0.25, 0.3) is 0 Å². The average Bonchev–Trinajstić information content (AvgIpc) is 2.95. The molecular formula is C17H23NO2. The van der Waals surface area contributed by atoms with Crippen molar-refractivity contribution >= 4 is 5.91 Å². The molecule has 1 aromatic rings. The van der Waals surface area contributed by atoms with Crippen LogP contribution in [-0.2, 0) is 17.6 Å². The molecule has 0 unspecified atom stereocenters. The topological polar surface area (TPSA) is 29.5 Å². The molecule has 1 aliphatic heterocycles. The number of fused-ring (bicyclic) bond motifs is 1. The van der Waals surface area contributed by atoms with Crippen LogP contribution in [0.3, 0.4) is 0 Å². The van der Waals surface area contributed by atoms with Crippen molar-refractivity contribution in [1.82, 2.24) is 4.90 Å². The second kappa shape index (κ2) is 5.86. The maximum atomic E-state index is 12.4. The van der Waals surface area contributed by atoms with Gasteiger partial charge in [0, 0.05) is 19.5 Å². The fourth-order valence-corrected chi connectivity index (χ4v) is 3.32. The van der Waals surface area contributed by atoms with Crippen LogP contribution < -0.4 is 4.74 Å². The predicted octanol–water partition coefficient (Wildman–Crippen LogP) is 2.96. The van der Waals surface area contributed by atoms with Gasteiger partial charge in [0.05, 0.1) is 13.0 Å². The maximum Gasteiger partial charge on any atom is 0.226 e. The molecule has 3 rings (SSSR count). The molecule has 0 atom stereocenters. The summed E-state index contributed by atoms with van der Waals surface area (Å²) in [6.07, 6.45) is 7.66. The van der Waals surface area contributed by atoms with Crippen LogP contribution in [0.25, 0.3) is 0 Å². The third-order valence-electron chi connectivity index (χ3n) is 4.63. The molecule has 0 saturated heterocycles. The number of amides is 1. The van der Waals surface area contributed by atoms with Crippen molar-refractivity contribution in [3.05, 3.63) is 29.3 Å². The van der Waals surface area contributed by atoms with Crippen LogP contribution in [0.1, 0.15) is 43.2 Å². The summed E-state index contributed by atoms with van der Waals surface area (Å²) in [5, 5.41) is 0. The molecule has 0 aromatic heterocycles.